The number of carbonyl (C=O) groups excluding carboxylic acids is 2. The SMILES string of the molecule is COC(O)N[C@@H](CC/C=C/C(=O)N(C)C)C(=O)Nc1cccn(Cc2nc3c(Oc4ccc(F)cc4F)ncnc3[nH]2)c1=O. The molecule has 3 heterocycles. The van der Waals surface area contributed by atoms with Crippen molar-refractivity contribution < 1.29 is 33.0 Å². The Balaban J connectivity index is 1.49. The van der Waals surface area contributed by atoms with Crippen molar-refractivity contribution in [3.8, 4) is 11.6 Å². The predicted octanol–water partition coefficient (Wildman–Crippen LogP) is 1.88. The van der Waals surface area contributed by atoms with Crippen molar-refractivity contribution >= 4 is 28.7 Å². The average Bonchev–Trinajstić information content (AvgIpc) is 3.41. The fourth-order valence-corrected chi connectivity index (χ4v) is 3.93. The number of likely N-dealkylation sites (N-methyl/N-ethyl adjacent to an activating group) is 1. The van der Waals surface area contributed by atoms with Gasteiger partial charge in [0.05, 0.1) is 12.6 Å². The van der Waals surface area contributed by atoms with Gasteiger partial charge in [-0.05, 0) is 43.2 Å². The molecular weight excluding hydrogens is 582 g/mol. The number of fused-ring (bicyclic) bond motifs is 1. The number of nitrogens with zero attached hydrogens (tertiary/aromatic N) is 5. The van der Waals surface area contributed by atoms with Gasteiger partial charge in [-0.3, -0.25) is 19.7 Å². The molecule has 1 aromatic carbocycles. The molecule has 0 aliphatic rings. The van der Waals surface area contributed by atoms with Gasteiger partial charge in [0.15, 0.2) is 22.7 Å². The summed E-state index contributed by atoms with van der Waals surface area (Å²) >= 11 is 0. The van der Waals surface area contributed by atoms with E-state index in [9.17, 15) is 28.3 Å². The topological polar surface area (TPSA) is 177 Å². The number of H-pyrrole nitrogens is 1. The Bertz CT molecular complexity index is 1720. The largest absolute Gasteiger partial charge is 0.434 e. The Hall–Kier alpha value is -5.06. The number of halogens is 2. The molecule has 0 saturated heterocycles. The highest BCUT2D eigenvalue weighted by atomic mass is 19.1. The summed E-state index contributed by atoms with van der Waals surface area (Å²) in [5.74, 6) is -2.60. The van der Waals surface area contributed by atoms with E-state index < -0.39 is 35.6 Å². The smallest absolute Gasteiger partial charge is 0.274 e. The molecule has 44 heavy (non-hydrogen) atoms. The van der Waals surface area contributed by atoms with Crippen molar-refractivity contribution in [2.45, 2.75) is 31.8 Å². The third-order valence-electron chi connectivity index (χ3n) is 6.20. The third kappa shape index (κ3) is 8.06. The Labute approximate surface area is 249 Å². The highest BCUT2D eigenvalue weighted by Crippen LogP contribution is 2.27. The molecular formula is C28H30F2N8O6. The van der Waals surface area contributed by atoms with E-state index in [1.807, 2.05) is 0 Å². The zero-order valence-electron chi connectivity index (χ0n) is 24.0. The van der Waals surface area contributed by atoms with Crippen LogP contribution in [-0.2, 0) is 20.9 Å². The number of aliphatic hydroxyl groups is 1. The lowest BCUT2D eigenvalue weighted by Crippen LogP contribution is -2.47. The number of hydrogen-bond donors (Lipinski definition) is 4. The highest BCUT2D eigenvalue weighted by Gasteiger charge is 2.22. The Kier molecular flexibility index (Phi) is 10.4. The molecule has 0 spiro atoms. The quantitative estimate of drug-likeness (QED) is 0.129. The van der Waals surface area contributed by atoms with Crippen LogP contribution in [0.5, 0.6) is 11.6 Å². The molecule has 3 aromatic heterocycles. The maximum absolute atomic E-state index is 14.1. The van der Waals surface area contributed by atoms with Crippen molar-refractivity contribution in [1.29, 1.82) is 0 Å². The van der Waals surface area contributed by atoms with Crippen LogP contribution in [0.15, 0.2) is 59.8 Å². The van der Waals surface area contributed by atoms with Crippen LogP contribution < -0.4 is 20.9 Å². The number of imidazole rings is 1. The zero-order chi connectivity index (χ0) is 31.8. The van der Waals surface area contributed by atoms with Crippen molar-refractivity contribution in [3.05, 3.63) is 82.8 Å². The summed E-state index contributed by atoms with van der Waals surface area (Å²) in [6.07, 6.45) is 4.67. The van der Waals surface area contributed by atoms with E-state index in [0.717, 1.165) is 12.1 Å². The monoisotopic (exact) mass is 612 g/mol. The molecule has 14 nitrogen and oxygen atoms in total. The zero-order valence-corrected chi connectivity index (χ0v) is 24.0. The van der Waals surface area contributed by atoms with Crippen molar-refractivity contribution in [3.63, 3.8) is 0 Å². The molecule has 0 aliphatic carbocycles. The normalized spacial score (nSPS) is 12.8. The Morgan fingerprint density at radius 2 is 2.02 bits per heavy atom. The van der Waals surface area contributed by atoms with Gasteiger partial charge in [-0.25, -0.2) is 18.7 Å². The van der Waals surface area contributed by atoms with Crippen LogP contribution in [0.4, 0.5) is 14.5 Å². The van der Waals surface area contributed by atoms with E-state index in [0.29, 0.717) is 12.5 Å². The van der Waals surface area contributed by atoms with Crippen LogP contribution >= 0.6 is 0 Å². The van der Waals surface area contributed by atoms with Gasteiger partial charge in [-0.1, -0.05) is 6.08 Å². The number of aromatic amines is 1. The standard InChI is InChI=1S/C28H30F2N8O6/c1-37(2)22(39)9-5-4-7-18(34-28(42)43-3)25(40)33-19-8-6-12-38(27(19)41)14-21-35-23-24(36-21)31-15-32-26(23)44-20-11-10-16(29)13-17(20)30/h5-6,8-13,15,18,28,34,42H,4,7,14H2,1-3H3,(H,33,40)(H,31,32,35,36)/b9-5+/t18-,28?/m0/s1. The Morgan fingerprint density at radius 3 is 2.75 bits per heavy atom. The van der Waals surface area contributed by atoms with Crippen LogP contribution in [0.3, 0.4) is 0 Å². The molecule has 0 bridgehead atoms. The van der Waals surface area contributed by atoms with Crippen LogP contribution in [0.25, 0.3) is 11.2 Å². The molecule has 4 N–H and O–H groups in total. The van der Waals surface area contributed by atoms with Gasteiger partial charge in [-0.2, -0.15) is 4.98 Å². The number of aromatic nitrogens is 5. The molecule has 16 heteroatoms. The van der Waals surface area contributed by atoms with Crippen LogP contribution in [0.2, 0.25) is 0 Å². The van der Waals surface area contributed by atoms with Crippen LogP contribution in [-0.4, -0.2) is 80.0 Å². The van der Waals surface area contributed by atoms with E-state index in [-0.39, 0.29) is 53.2 Å². The Morgan fingerprint density at radius 1 is 1.23 bits per heavy atom. The molecule has 4 aromatic rings. The molecule has 2 amide bonds. The van der Waals surface area contributed by atoms with E-state index in [1.165, 1.54) is 41.2 Å². The summed E-state index contributed by atoms with van der Waals surface area (Å²) in [6.45, 7) is -0.0714. The van der Waals surface area contributed by atoms with E-state index in [1.54, 1.807) is 26.2 Å². The molecule has 232 valence electrons. The first-order valence-electron chi connectivity index (χ1n) is 13.2. The van der Waals surface area contributed by atoms with Crippen LogP contribution in [0, 0.1) is 11.6 Å². The fraction of sp³-hybridized carbons (Fsp3) is 0.286. The molecule has 0 fully saturated rings. The minimum atomic E-state index is -1.45. The second kappa shape index (κ2) is 14.4. The number of benzene rings is 1. The molecule has 4 rings (SSSR count). The molecule has 1 unspecified atom stereocenters. The molecule has 2 atom stereocenters. The van der Waals surface area contributed by atoms with Crippen LogP contribution in [0.1, 0.15) is 18.7 Å². The molecule has 0 radical (unpaired) electrons. The van der Waals surface area contributed by atoms with Gasteiger partial charge >= 0.3 is 0 Å². The summed E-state index contributed by atoms with van der Waals surface area (Å²) in [4.78, 5) is 54.9. The number of allylic oxidation sites excluding steroid dienone is 1. The van der Waals surface area contributed by atoms with Crippen molar-refractivity contribution in [2.75, 3.05) is 26.5 Å². The number of rotatable bonds is 13. The lowest BCUT2D eigenvalue weighted by molar-refractivity contribution is -0.129. The highest BCUT2D eigenvalue weighted by molar-refractivity contribution is 5.94. The van der Waals surface area contributed by atoms with Gasteiger partial charge < -0.3 is 34.3 Å². The lowest BCUT2D eigenvalue weighted by Gasteiger charge is -2.20. The summed E-state index contributed by atoms with van der Waals surface area (Å²) in [5.41, 5.74) is -0.200. The number of ether oxygens (including phenoxy) is 2. The van der Waals surface area contributed by atoms with Crippen molar-refractivity contribution in [1.82, 2.24) is 34.7 Å². The first-order chi connectivity index (χ1) is 21.0. The predicted molar refractivity (Wildman–Crippen MR) is 154 cm³/mol. The third-order valence-corrected chi connectivity index (χ3v) is 6.20. The van der Waals surface area contributed by atoms with E-state index in [2.05, 4.69) is 30.6 Å². The second-order valence-corrected chi connectivity index (χ2v) is 9.60. The van der Waals surface area contributed by atoms with Gasteiger partial charge in [0.2, 0.25) is 18.2 Å². The number of hydrogen-bond acceptors (Lipinski definition) is 10. The minimum Gasteiger partial charge on any atom is -0.434 e. The van der Waals surface area contributed by atoms with Gasteiger partial charge in [0.25, 0.3) is 11.4 Å². The van der Waals surface area contributed by atoms with E-state index in [4.69, 9.17) is 9.47 Å². The van der Waals surface area contributed by atoms with Crippen molar-refractivity contribution in [2.24, 2.45) is 0 Å². The first kappa shape index (κ1) is 31.9. The maximum atomic E-state index is 14.1. The minimum absolute atomic E-state index is 0.0405. The average molecular weight is 613 g/mol. The number of pyridine rings is 1. The number of aliphatic hydroxyl groups excluding tert-OH is 1. The van der Waals surface area contributed by atoms with E-state index >= 15 is 0 Å². The van der Waals surface area contributed by atoms with Gasteiger partial charge in [-0.15, -0.1) is 0 Å². The molecule has 0 aliphatic heterocycles. The van der Waals surface area contributed by atoms with Gasteiger partial charge in [0.1, 0.15) is 23.7 Å². The summed E-state index contributed by atoms with van der Waals surface area (Å²) in [5, 5.41) is 15.1. The number of nitrogens with one attached hydrogen (secondary N) is 3. The second-order valence-electron chi connectivity index (χ2n) is 9.60. The fourth-order valence-electron chi connectivity index (χ4n) is 3.93. The number of methoxy groups -OCH3 is 1. The first-order valence-corrected chi connectivity index (χ1v) is 13.2. The number of carbonyl (C=O) groups is 2. The number of anilines is 1. The summed E-state index contributed by atoms with van der Waals surface area (Å²) < 4.78 is 39.0. The summed E-state index contributed by atoms with van der Waals surface area (Å²) in [7, 11) is 4.47. The molecule has 0 saturated carbocycles. The summed E-state index contributed by atoms with van der Waals surface area (Å²) in [6, 6.07) is 4.82. The lowest BCUT2D eigenvalue weighted by atomic mass is 10.1. The number of amides is 2. The van der Waals surface area contributed by atoms with Gasteiger partial charge in [0, 0.05) is 33.5 Å². The maximum Gasteiger partial charge on any atom is 0.274 e.